The van der Waals surface area contributed by atoms with Crippen molar-refractivity contribution in [2.75, 3.05) is 0 Å². The molecule has 0 amide bonds. The molecule has 0 unspecified atom stereocenters. The lowest BCUT2D eigenvalue weighted by atomic mass is 9.80. The van der Waals surface area contributed by atoms with Crippen LogP contribution in [-0.4, -0.2) is 0 Å². The Balaban J connectivity index is 1.40. The summed E-state index contributed by atoms with van der Waals surface area (Å²) in [5.74, 6) is -0.210. The summed E-state index contributed by atoms with van der Waals surface area (Å²) in [5.41, 5.74) is 6.30. The van der Waals surface area contributed by atoms with Gasteiger partial charge in [-0.05, 0) is 116 Å². The Bertz CT molecular complexity index is 2580. The molecular weight excluding hydrogens is 547 g/mol. The van der Waals surface area contributed by atoms with Crippen molar-refractivity contribution in [3.8, 4) is 22.3 Å². The molecule has 0 saturated heterocycles. The van der Waals surface area contributed by atoms with Gasteiger partial charge < -0.3 is 0 Å². The second kappa shape index (κ2) is 9.36. The van der Waals surface area contributed by atoms with E-state index in [2.05, 4.69) is 130 Å². The van der Waals surface area contributed by atoms with E-state index in [4.69, 9.17) is 0 Å². The summed E-state index contributed by atoms with van der Waals surface area (Å²) in [5, 5.41) is 14.7. The van der Waals surface area contributed by atoms with E-state index in [1.165, 1.54) is 76.1 Å². The van der Waals surface area contributed by atoms with Crippen LogP contribution >= 0.6 is 0 Å². The first-order valence-electron chi connectivity index (χ1n) is 15.7. The van der Waals surface area contributed by atoms with Gasteiger partial charge in [0.05, 0.1) is 0 Å². The highest BCUT2D eigenvalue weighted by molar-refractivity contribution is 6.29. The predicted octanol–water partition coefficient (Wildman–Crippen LogP) is 12.8. The van der Waals surface area contributed by atoms with Crippen LogP contribution in [0.4, 0.5) is 4.39 Å². The Morgan fingerprint density at radius 3 is 1.60 bits per heavy atom. The Morgan fingerprint density at radius 2 is 0.933 bits per heavy atom. The molecule has 45 heavy (non-hydrogen) atoms. The van der Waals surface area contributed by atoms with E-state index in [1.54, 1.807) is 12.1 Å². The number of fused-ring (bicyclic) bond motifs is 3. The molecular formula is C44H31F. The van der Waals surface area contributed by atoms with Crippen molar-refractivity contribution >= 4 is 64.6 Å². The van der Waals surface area contributed by atoms with Gasteiger partial charge in [-0.1, -0.05) is 136 Å². The van der Waals surface area contributed by atoms with Crippen molar-refractivity contribution in [3.05, 3.63) is 145 Å². The van der Waals surface area contributed by atoms with Gasteiger partial charge >= 0.3 is 0 Å². The maximum atomic E-state index is 14.0. The molecule has 0 radical (unpaired) electrons. The average Bonchev–Trinajstić information content (AvgIpc) is 3.05. The van der Waals surface area contributed by atoms with E-state index in [9.17, 15) is 4.39 Å². The highest BCUT2D eigenvalue weighted by atomic mass is 19.1. The van der Waals surface area contributed by atoms with Gasteiger partial charge in [0.1, 0.15) is 5.82 Å². The molecule has 0 aliphatic carbocycles. The van der Waals surface area contributed by atoms with Crippen LogP contribution in [0.3, 0.4) is 0 Å². The van der Waals surface area contributed by atoms with Crippen molar-refractivity contribution in [1.29, 1.82) is 0 Å². The smallest absolute Gasteiger partial charge is 0.123 e. The summed E-state index contributed by atoms with van der Waals surface area (Å²) < 4.78 is 14.0. The van der Waals surface area contributed by atoms with E-state index in [-0.39, 0.29) is 11.2 Å². The van der Waals surface area contributed by atoms with E-state index >= 15 is 0 Å². The monoisotopic (exact) mass is 578 g/mol. The third-order valence-corrected chi connectivity index (χ3v) is 9.76. The molecule has 0 atom stereocenters. The topological polar surface area (TPSA) is 0 Å². The van der Waals surface area contributed by atoms with Crippen molar-refractivity contribution in [2.45, 2.75) is 26.2 Å². The van der Waals surface area contributed by atoms with Crippen LogP contribution in [0.5, 0.6) is 0 Å². The second-order valence-corrected chi connectivity index (χ2v) is 13.4. The molecule has 9 aromatic carbocycles. The fraction of sp³-hybridized carbons (Fsp3) is 0.0909. The lowest BCUT2D eigenvalue weighted by Gasteiger charge is -2.24. The van der Waals surface area contributed by atoms with Crippen molar-refractivity contribution in [3.63, 3.8) is 0 Å². The van der Waals surface area contributed by atoms with Crippen molar-refractivity contribution < 1.29 is 4.39 Å². The first-order valence-corrected chi connectivity index (χ1v) is 15.7. The molecule has 9 rings (SSSR count). The molecule has 9 aromatic rings. The second-order valence-electron chi connectivity index (χ2n) is 13.4. The molecule has 1 heteroatoms. The molecule has 0 N–H and O–H groups in total. The first-order chi connectivity index (χ1) is 21.9. The largest absolute Gasteiger partial charge is 0.207 e. The van der Waals surface area contributed by atoms with Gasteiger partial charge in [-0.2, -0.15) is 0 Å². The summed E-state index contributed by atoms with van der Waals surface area (Å²) in [4.78, 5) is 0. The number of hydrogen-bond acceptors (Lipinski definition) is 0. The van der Waals surface area contributed by atoms with Gasteiger partial charge in [0.2, 0.25) is 0 Å². The molecule has 0 saturated carbocycles. The minimum absolute atomic E-state index is 0.0459. The average molecular weight is 579 g/mol. The fourth-order valence-corrected chi connectivity index (χ4v) is 7.77. The zero-order valence-electron chi connectivity index (χ0n) is 25.6. The van der Waals surface area contributed by atoms with Crippen LogP contribution in [0.2, 0.25) is 0 Å². The Morgan fingerprint density at radius 1 is 0.422 bits per heavy atom. The molecule has 0 bridgehead atoms. The zero-order valence-corrected chi connectivity index (χ0v) is 25.6. The number of rotatable bonds is 2. The quantitative estimate of drug-likeness (QED) is 0.141. The van der Waals surface area contributed by atoms with E-state index < -0.39 is 0 Å². The Kier molecular flexibility index (Phi) is 5.44. The maximum absolute atomic E-state index is 14.0. The van der Waals surface area contributed by atoms with Crippen molar-refractivity contribution in [2.24, 2.45) is 0 Å². The molecule has 214 valence electrons. The molecule has 0 fully saturated rings. The first kappa shape index (κ1) is 26.2. The minimum atomic E-state index is -0.210. The van der Waals surface area contributed by atoms with Gasteiger partial charge in [0, 0.05) is 0 Å². The van der Waals surface area contributed by atoms with Crippen LogP contribution in [0.1, 0.15) is 26.3 Å². The standard InChI is InChI=1S/C44H31F/c1-44(2,3)39-23-18-27-15-20-36-37(21-16-26-17-22-38(39)42(27)41(26)36)43-34-10-6-4-8-32(34)40(33-9-5-7-11-35(33)43)30-13-12-29-25-31(45)19-14-28(29)24-30/h4-25H,1-3H3. The van der Waals surface area contributed by atoms with Gasteiger partial charge in [-0.15, -0.1) is 0 Å². The van der Waals surface area contributed by atoms with Crippen LogP contribution in [0, 0.1) is 5.82 Å². The molecule has 0 nitrogen and oxygen atoms in total. The van der Waals surface area contributed by atoms with E-state index in [0.717, 1.165) is 16.3 Å². The minimum Gasteiger partial charge on any atom is -0.207 e. The summed E-state index contributed by atoms with van der Waals surface area (Å²) in [6.07, 6.45) is 0. The zero-order chi connectivity index (χ0) is 30.4. The van der Waals surface area contributed by atoms with Gasteiger partial charge in [0.25, 0.3) is 0 Å². The summed E-state index contributed by atoms with van der Waals surface area (Å²) in [6, 6.07) is 47.5. The van der Waals surface area contributed by atoms with E-state index in [1.807, 2.05) is 12.1 Å². The highest BCUT2D eigenvalue weighted by Gasteiger charge is 2.22. The molecule has 0 spiro atoms. The van der Waals surface area contributed by atoms with Crippen LogP contribution in [-0.2, 0) is 5.41 Å². The third-order valence-electron chi connectivity index (χ3n) is 9.76. The third kappa shape index (κ3) is 3.83. The normalized spacial score (nSPS) is 12.4. The Hall–Kier alpha value is -5.27. The number of hydrogen-bond donors (Lipinski definition) is 0. The van der Waals surface area contributed by atoms with Crippen LogP contribution in [0.15, 0.2) is 133 Å². The Labute approximate surface area is 261 Å². The van der Waals surface area contributed by atoms with Gasteiger partial charge in [-0.25, -0.2) is 4.39 Å². The number of halogens is 1. The predicted molar refractivity (Wildman–Crippen MR) is 192 cm³/mol. The van der Waals surface area contributed by atoms with Crippen LogP contribution in [0.25, 0.3) is 86.9 Å². The molecule has 0 heterocycles. The SMILES string of the molecule is CC(C)(C)c1ccc2ccc3c(-c4c5ccccc5c(-c5ccc6cc(F)ccc6c5)c5ccccc45)ccc4ccc1c2c43. The van der Waals surface area contributed by atoms with E-state index in [0.29, 0.717) is 0 Å². The molecule has 0 aromatic heterocycles. The van der Waals surface area contributed by atoms with Crippen LogP contribution < -0.4 is 0 Å². The maximum Gasteiger partial charge on any atom is 0.123 e. The lowest BCUT2D eigenvalue weighted by molar-refractivity contribution is 0.596. The summed E-state index contributed by atoms with van der Waals surface area (Å²) in [7, 11) is 0. The summed E-state index contributed by atoms with van der Waals surface area (Å²) >= 11 is 0. The van der Waals surface area contributed by atoms with Gasteiger partial charge in [0.15, 0.2) is 0 Å². The lowest BCUT2D eigenvalue weighted by Crippen LogP contribution is -2.11. The summed E-state index contributed by atoms with van der Waals surface area (Å²) in [6.45, 7) is 6.91. The highest BCUT2D eigenvalue weighted by Crippen LogP contribution is 2.48. The fourth-order valence-electron chi connectivity index (χ4n) is 7.77. The molecule has 0 aliphatic rings. The number of benzene rings is 9. The molecule has 0 aliphatic heterocycles. The van der Waals surface area contributed by atoms with Gasteiger partial charge in [-0.3, -0.25) is 0 Å². The van der Waals surface area contributed by atoms with Crippen molar-refractivity contribution in [1.82, 2.24) is 0 Å².